The van der Waals surface area contributed by atoms with E-state index in [2.05, 4.69) is 105 Å². The van der Waals surface area contributed by atoms with Crippen LogP contribution in [0.5, 0.6) is 0 Å². The second-order valence-corrected chi connectivity index (χ2v) is 17.0. The predicted molar refractivity (Wildman–Crippen MR) is 142 cm³/mol. The van der Waals surface area contributed by atoms with E-state index < -0.39 is 16.6 Å². The van der Waals surface area contributed by atoms with Crippen LogP contribution in [0.3, 0.4) is 0 Å². The van der Waals surface area contributed by atoms with Crippen molar-refractivity contribution in [2.24, 2.45) is 5.92 Å². The fourth-order valence-electron chi connectivity index (χ4n) is 6.99. The molecule has 1 unspecified atom stereocenters. The molecular weight excluding hydrogens is 444 g/mol. The summed E-state index contributed by atoms with van der Waals surface area (Å²) in [4.78, 5) is 0. The molecule has 174 valence electrons. The van der Waals surface area contributed by atoms with Gasteiger partial charge in [0.15, 0.2) is 0 Å². The van der Waals surface area contributed by atoms with Crippen LogP contribution >= 0.6 is 0 Å². The minimum absolute atomic E-state index is 0.687. The summed E-state index contributed by atoms with van der Waals surface area (Å²) >= 11 is -2.70. The Labute approximate surface area is 210 Å². The van der Waals surface area contributed by atoms with Crippen molar-refractivity contribution < 1.29 is 16.6 Å². The van der Waals surface area contributed by atoms with Crippen LogP contribution in [0.25, 0.3) is 0 Å². The number of hydrogen-bond donors (Lipinski definition) is 0. The summed E-state index contributed by atoms with van der Waals surface area (Å²) in [6.45, 7) is 4.95. The summed E-state index contributed by atoms with van der Waals surface area (Å²) in [7, 11) is 0. The van der Waals surface area contributed by atoms with Gasteiger partial charge in [-0.2, -0.15) is 0 Å². The molecule has 0 spiro atoms. The van der Waals surface area contributed by atoms with E-state index in [0.717, 1.165) is 0 Å². The van der Waals surface area contributed by atoms with E-state index in [1.165, 1.54) is 63.0 Å². The monoisotopic (exact) mass is 482 g/mol. The summed E-state index contributed by atoms with van der Waals surface area (Å²) in [6.07, 6.45) is 6.65. The van der Waals surface area contributed by atoms with Gasteiger partial charge in [-0.25, -0.2) is 0 Å². The zero-order chi connectivity index (χ0) is 23.4. The second-order valence-electron chi connectivity index (χ2n) is 10.5. The van der Waals surface area contributed by atoms with Gasteiger partial charge in [0.25, 0.3) is 0 Å². The Hall–Kier alpha value is -2.15. The minimum atomic E-state index is -2.70. The van der Waals surface area contributed by atoms with Gasteiger partial charge < -0.3 is 0 Å². The zero-order valence-electron chi connectivity index (χ0n) is 20.9. The Bertz CT molecular complexity index is 1050. The van der Waals surface area contributed by atoms with Crippen LogP contribution in [-0.2, 0) is 30.8 Å². The van der Waals surface area contributed by atoms with Crippen LogP contribution in [0.2, 0.25) is 0 Å². The molecule has 2 aliphatic carbocycles. The molecule has 0 nitrogen and oxygen atoms in total. The summed E-state index contributed by atoms with van der Waals surface area (Å²) in [5.74, 6) is 0.687. The van der Waals surface area contributed by atoms with Crippen molar-refractivity contribution in [3.05, 3.63) is 128 Å². The Kier molecular flexibility index (Phi) is 7.38. The van der Waals surface area contributed by atoms with Crippen molar-refractivity contribution in [3.8, 4) is 0 Å². The van der Waals surface area contributed by atoms with Crippen molar-refractivity contribution in [3.63, 3.8) is 0 Å². The van der Waals surface area contributed by atoms with E-state index in [1.807, 2.05) is 9.45 Å². The van der Waals surface area contributed by atoms with E-state index in [-0.39, 0.29) is 0 Å². The molecule has 2 aliphatic rings. The molecule has 3 aromatic carbocycles. The summed E-state index contributed by atoms with van der Waals surface area (Å²) < 4.78 is 5.75. The van der Waals surface area contributed by atoms with Crippen molar-refractivity contribution in [1.29, 1.82) is 0 Å². The molecule has 0 heterocycles. The summed E-state index contributed by atoms with van der Waals surface area (Å²) in [5.41, 5.74) is 9.91. The van der Waals surface area contributed by atoms with Crippen LogP contribution in [0, 0.1) is 5.92 Å². The third-order valence-corrected chi connectivity index (χ3v) is 16.3. The Morgan fingerprint density at radius 3 is 1.53 bits per heavy atom. The molecule has 3 aromatic rings. The number of benzene rings is 3. The van der Waals surface area contributed by atoms with E-state index in [1.54, 1.807) is 11.1 Å². The van der Waals surface area contributed by atoms with E-state index in [0.29, 0.717) is 5.92 Å². The molecule has 1 atom stereocenters. The first kappa shape index (κ1) is 23.6. The van der Waals surface area contributed by atoms with Gasteiger partial charge >= 0.3 is 211 Å². The summed E-state index contributed by atoms with van der Waals surface area (Å²) in [6, 6.07) is 34.2. The molecule has 0 aromatic heterocycles. The van der Waals surface area contributed by atoms with Gasteiger partial charge in [-0.05, 0) is 0 Å². The molecule has 34 heavy (non-hydrogen) atoms. The van der Waals surface area contributed by atoms with Crippen LogP contribution < -0.4 is 0 Å². The molecule has 0 aliphatic heterocycles. The van der Waals surface area contributed by atoms with E-state index in [4.69, 9.17) is 0 Å². The first-order valence-electron chi connectivity index (χ1n) is 13.3. The van der Waals surface area contributed by atoms with Crippen LogP contribution in [-0.4, -0.2) is 0 Å². The average Bonchev–Trinajstić information content (AvgIpc) is 3.18. The zero-order valence-corrected chi connectivity index (χ0v) is 22.5. The second kappa shape index (κ2) is 10.6. The first-order valence-corrected chi connectivity index (χ1v) is 17.3. The normalized spacial score (nSPS) is 18.4. The predicted octanol–water partition coefficient (Wildman–Crippen LogP) is 8.93. The van der Waals surface area contributed by atoms with Crippen molar-refractivity contribution in [2.75, 3.05) is 0 Å². The molecule has 1 heteroatoms. The van der Waals surface area contributed by atoms with Gasteiger partial charge in [0.05, 0.1) is 0 Å². The number of rotatable bonds is 8. The van der Waals surface area contributed by atoms with E-state index >= 15 is 0 Å². The van der Waals surface area contributed by atoms with Gasteiger partial charge in [-0.3, -0.25) is 0 Å². The topological polar surface area (TPSA) is 0 Å². The molecule has 0 N–H and O–H groups in total. The Morgan fingerprint density at radius 2 is 1.09 bits per heavy atom. The van der Waals surface area contributed by atoms with Crippen molar-refractivity contribution in [1.82, 2.24) is 0 Å². The van der Waals surface area contributed by atoms with Crippen LogP contribution in [0.4, 0.5) is 0 Å². The maximum atomic E-state index is 2.51. The molecule has 0 radical (unpaired) electrons. The SMILES string of the molecule is CCC1C2=C(CCCC2)C(C)=[C]1[Ti]([CH2]c1ccccc1)([CH2]c1ccccc1)[CH2]c1ccccc1. The quantitative estimate of drug-likeness (QED) is 0.281. The number of allylic oxidation sites excluding steroid dienone is 4. The van der Waals surface area contributed by atoms with E-state index in [9.17, 15) is 0 Å². The average molecular weight is 483 g/mol. The van der Waals surface area contributed by atoms with Crippen molar-refractivity contribution in [2.45, 2.75) is 60.1 Å². The molecule has 0 fully saturated rings. The molecular formula is C33H38Ti. The standard InChI is InChI=1S/C12H17.3C7H7.Ti/c1-3-10-8-9(2)11-6-4-5-7-12(10)11;3*1-7-5-3-2-4-6-7;/h10H,3-7H2,1-2H3;3*2-6H,1H2;. The van der Waals surface area contributed by atoms with Crippen molar-refractivity contribution >= 4 is 0 Å². The summed E-state index contributed by atoms with van der Waals surface area (Å²) in [5, 5.41) is 0. The number of hydrogen-bond acceptors (Lipinski definition) is 0. The fraction of sp³-hybridized carbons (Fsp3) is 0.333. The molecule has 5 rings (SSSR count). The fourth-order valence-corrected chi connectivity index (χ4v) is 16.5. The molecule has 0 amide bonds. The molecule has 0 saturated carbocycles. The Balaban J connectivity index is 1.69. The first-order chi connectivity index (χ1) is 16.7. The maximum absolute atomic E-state index is 2.70. The van der Waals surface area contributed by atoms with Crippen LogP contribution in [0.1, 0.15) is 62.6 Å². The van der Waals surface area contributed by atoms with Gasteiger partial charge in [0, 0.05) is 0 Å². The molecule has 0 saturated heterocycles. The molecule has 0 bridgehead atoms. The van der Waals surface area contributed by atoms with Gasteiger partial charge in [0.1, 0.15) is 0 Å². The van der Waals surface area contributed by atoms with Gasteiger partial charge in [-0.15, -0.1) is 0 Å². The third kappa shape index (κ3) is 4.81. The van der Waals surface area contributed by atoms with Crippen LogP contribution in [0.15, 0.2) is 112 Å². The van der Waals surface area contributed by atoms with Gasteiger partial charge in [-0.1, -0.05) is 0 Å². The third-order valence-electron chi connectivity index (χ3n) is 8.27. The Morgan fingerprint density at radius 1 is 0.647 bits per heavy atom. The van der Waals surface area contributed by atoms with Gasteiger partial charge in [0.2, 0.25) is 0 Å².